The SMILES string of the molecule is N#Cc1cc2c(nc(N3CCN4CCCC4C3)c3nncn32)c(F)c1F. The maximum absolute atomic E-state index is 14.6. The first-order valence-electron chi connectivity index (χ1n) is 8.58. The topological polar surface area (TPSA) is 73.3 Å². The van der Waals surface area contributed by atoms with E-state index in [1.54, 1.807) is 10.5 Å². The maximum Gasteiger partial charge on any atom is 0.204 e. The fourth-order valence-corrected chi connectivity index (χ4v) is 4.09. The molecule has 26 heavy (non-hydrogen) atoms. The Morgan fingerprint density at radius 2 is 2.08 bits per heavy atom. The van der Waals surface area contributed by atoms with Crippen molar-refractivity contribution in [3.63, 3.8) is 0 Å². The average Bonchev–Trinajstić information content (AvgIpc) is 3.32. The molecule has 0 aliphatic carbocycles. The Balaban J connectivity index is 1.71. The third-order valence-corrected chi connectivity index (χ3v) is 5.39. The minimum absolute atomic E-state index is 0.113. The van der Waals surface area contributed by atoms with Crippen LogP contribution in [0.5, 0.6) is 0 Å². The predicted octanol–water partition coefficient (Wildman–Crippen LogP) is 1.71. The van der Waals surface area contributed by atoms with Gasteiger partial charge in [-0.15, -0.1) is 10.2 Å². The Kier molecular flexibility index (Phi) is 3.30. The van der Waals surface area contributed by atoms with Crippen LogP contribution in [0.2, 0.25) is 0 Å². The van der Waals surface area contributed by atoms with Gasteiger partial charge < -0.3 is 4.90 Å². The first-order valence-corrected chi connectivity index (χ1v) is 8.58. The molecule has 0 amide bonds. The molecule has 2 aliphatic rings. The number of benzene rings is 1. The van der Waals surface area contributed by atoms with E-state index < -0.39 is 11.6 Å². The lowest BCUT2D eigenvalue weighted by molar-refractivity contribution is 0.230. The highest BCUT2D eigenvalue weighted by atomic mass is 19.2. The highest BCUT2D eigenvalue weighted by molar-refractivity contribution is 5.84. The molecule has 2 aromatic heterocycles. The van der Waals surface area contributed by atoms with Gasteiger partial charge in [0.25, 0.3) is 0 Å². The number of rotatable bonds is 1. The van der Waals surface area contributed by atoms with Crippen molar-refractivity contribution in [2.24, 2.45) is 0 Å². The van der Waals surface area contributed by atoms with Crippen LogP contribution in [-0.2, 0) is 0 Å². The molecule has 1 unspecified atom stereocenters. The highest BCUT2D eigenvalue weighted by Gasteiger charge is 2.32. The number of nitriles is 1. The third-order valence-electron chi connectivity index (χ3n) is 5.39. The molecule has 0 spiro atoms. The van der Waals surface area contributed by atoms with E-state index in [2.05, 4.69) is 25.0 Å². The number of hydrogen-bond acceptors (Lipinski definition) is 6. The van der Waals surface area contributed by atoms with Crippen molar-refractivity contribution in [2.45, 2.75) is 18.9 Å². The van der Waals surface area contributed by atoms with Gasteiger partial charge in [0.2, 0.25) is 5.65 Å². The Labute approximate surface area is 147 Å². The quantitative estimate of drug-likeness (QED) is 0.662. The molecule has 5 rings (SSSR count). The first-order chi connectivity index (χ1) is 12.7. The molecule has 0 saturated carbocycles. The summed E-state index contributed by atoms with van der Waals surface area (Å²) in [6.45, 7) is 3.55. The van der Waals surface area contributed by atoms with Gasteiger partial charge >= 0.3 is 0 Å². The summed E-state index contributed by atoms with van der Waals surface area (Å²) in [5.41, 5.74) is 0.291. The summed E-state index contributed by atoms with van der Waals surface area (Å²) in [4.78, 5) is 8.94. The van der Waals surface area contributed by atoms with Crippen molar-refractivity contribution in [1.82, 2.24) is 24.5 Å². The molecular formula is C17H15F2N7. The maximum atomic E-state index is 14.6. The zero-order valence-corrected chi connectivity index (χ0v) is 13.9. The molecule has 2 aliphatic heterocycles. The second-order valence-electron chi connectivity index (χ2n) is 6.77. The Morgan fingerprint density at radius 3 is 2.92 bits per heavy atom. The van der Waals surface area contributed by atoms with Crippen LogP contribution < -0.4 is 4.90 Å². The van der Waals surface area contributed by atoms with Crippen molar-refractivity contribution in [3.8, 4) is 6.07 Å². The molecule has 0 N–H and O–H groups in total. The molecule has 2 saturated heterocycles. The number of piperazine rings is 1. The van der Waals surface area contributed by atoms with Gasteiger partial charge in [-0.3, -0.25) is 9.30 Å². The van der Waals surface area contributed by atoms with Crippen LogP contribution in [0.1, 0.15) is 18.4 Å². The normalized spacial score (nSPS) is 20.7. The molecule has 0 radical (unpaired) electrons. The van der Waals surface area contributed by atoms with Gasteiger partial charge in [-0.25, -0.2) is 13.8 Å². The lowest BCUT2D eigenvalue weighted by Crippen LogP contribution is -2.50. The van der Waals surface area contributed by atoms with Crippen molar-refractivity contribution in [2.75, 3.05) is 31.1 Å². The van der Waals surface area contributed by atoms with Crippen molar-refractivity contribution < 1.29 is 8.78 Å². The van der Waals surface area contributed by atoms with Gasteiger partial charge in [-0.05, 0) is 25.5 Å². The monoisotopic (exact) mass is 355 g/mol. The summed E-state index contributed by atoms with van der Waals surface area (Å²) in [5, 5.41) is 17.1. The number of halogens is 2. The summed E-state index contributed by atoms with van der Waals surface area (Å²) < 4.78 is 30.3. The average molecular weight is 355 g/mol. The fraction of sp³-hybridized carbons (Fsp3) is 0.412. The van der Waals surface area contributed by atoms with Gasteiger partial charge in [-0.1, -0.05) is 0 Å². The predicted molar refractivity (Wildman–Crippen MR) is 89.7 cm³/mol. The smallest absolute Gasteiger partial charge is 0.204 e. The van der Waals surface area contributed by atoms with Gasteiger partial charge in [-0.2, -0.15) is 5.26 Å². The van der Waals surface area contributed by atoms with Crippen molar-refractivity contribution in [1.29, 1.82) is 5.26 Å². The first kappa shape index (κ1) is 15.4. The van der Waals surface area contributed by atoms with Crippen LogP contribution in [-0.4, -0.2) is 56.7 Å². The zero-order chi connectivity index (χ0) is 17.8. The summed E-state index contributed by atoms with van der Waals surface area (Å²) in [7, 11) is 0. The molecule has 0 bridgehead atoms. The molecule has 9 heteroatoms. The number of hydrogen-bond donors (Lipinski definition) is 0. The van der Waals surface area contributed by atoms with Crippen LogP contribution in [0, 0.1) is 23.0 Å². The molecule has 132 valence electrons. The summed E-state index contributed by atoms with van der Waals surface area (Å²) in [5.74, 6) is -1.79. The van der Waals surface area contributed by atoms with Crippen LogP contribution >= 0.6 is 0 Å². The van der Waals surface area contributed by atoms with E-state index >= 15 is 0 Å². The number of aromatic nitrogens is 4. The third kappa shape index (κ3) is 2.08. The van der Waals surface area contributed by atoms with E-state index in [-0.39, 0.29) is 16.6 Å². The zero-order valence-electron chi connectivity index (χ0n) is 13.9. The fourth-order valence-electron chi connectivity index (χ4n) is 4.09. The number of anilines is 1. The second-order valence-corrected chi connectivity index (χ2v) is 6.77. The van der Waals surface area contributed by atoms with Gasteiger partial charge in [0.05, 0.1) is 11.1 Å². The molecule has 1 aromatic carbocycles. The highest BCUT2D eigenvalue weighted by Crippen LogP contribution is 2.30. The summed E-state index contributed by atoms with van der Waals surface area (Å²) in [6, 6.07) is 3.41. The van der Waals surface area contributed by atoms with Crippen molar-refractivity contribution in [3.05, 3.63) is 29.6 Å². The van der Waals surface area contributed by atoms with Crippen LogP contribution in [0.3, 0.4) is 0 Å². The standard InChI is InChI=1S/C17H15F2N7/c18-13-10(7-20)6-12-15(14(13)19)22-16(17-23-21-9-26(12)17)25-5-4-24-3-1-2-11(24)8-25/h6,9,11H,1-5,8H2. The Morgan fingerprint density at radius 1 is 1.19 bits per heavy atom. The van der Waals surface area contributed by atoms with Gasteiger partial charge in [0.1, 0.15) is 17.9 Å². The van der Waals surface area contributed by atoms with E-state index in [0.717, 1.165) is 32.6 Å². The molecule has 2 fully saturated rings. The van der Waals surface area contributed by atoms with Crippen LogP contribution in [0.4, 0.5) is 14.6 Å². The van der Waals surface area contributed by atoms with E-state index in [1.807, 2.05) is 0 Å². The van der Waals surface area contributed by atoms with Gasteiger partial charge in [0.15, 0.2) is 17.5 Å². The van der Waals surface area contributed by atoms with E-state index in [9.17, 15) is 8.78 Å². The van der Waals surface area contributed by atoms with E-state index in [4.69, 9.17) is 5.26 Å². The lowest BCUT2D eigenvalue weighted by Gasteiger charge is -2.38. The number of nitrogens with zero attached hydrogens (tertiary/aromatic N) is 7. The van der Waals surface area contributed by atoms with Crippen LogP contribution in [0.15, 0.2) is 12.4 Å². The van der Waals surface area contributed by atoms with E-state index in [0.29, 0.717) is 17.5 Å². The Hall–Kier alpha value is -2.86. The van der Waals surface area contributed by atoms with E-state index in [1.165, 1.54) is 18.8 Å². The Bertz CT molecular complexity index is 1070. The largest absolute Gasteiger partial charge is 0.351 e. The van der Waals surface area contributed by atoms with Crippen LogP contribution in [0.25, 0.3) is 16.7 Å². The number of fused-ring (bicyclic) bond motifs is 4. The minimum Gasteiger partial charge on any atom is -0.351 e. The molecule has 3 aromatic rings. The molecule has 4 heterocycles. The van der Waals surface area contributed by atoms with Gasteiger partial charge in [0, 0.05) is 25.7 Å². The van der Waals surface area contributed by atoms with Crippen molar-refractivity contribution >= 4 is 22.5 Å². The summed E-state index contributed by atoms with van der Waals surface area (Å²) in [6.07, 6.45) is 3.75. The lowest BCUT2D eigenvalue weighted by atomic mass is 10.1. The molecule has 1 atom stereocenters. The molecular weight excluding hydrogens is 340 g/mol. The molecule has 7 nitrogen and oxygen atoms in total. The second kappa shape index (κ2) is 5.57. The summed E-state index contributed by atoms with van der Waals surface area (Å²) >= 11 is 0. The minimum atomic E-state index is -1.17.